The number of aliphatic hydroxyl groups is 1. The van der Waals surface area contributed by atoms with Gasteiger partial charge >= 0.3 is 11.9 Å². The Morgan fingerprint density at radius 1 is 0.933 bits per heavy atom. The lowest BCUT2D eigenvalue weighted by Crippen LogP contribution is -2.58. The van der Waals surface area contributed by atoms with Crippen molar-refractivity contribution < 1.29 is 29.3 Å². The lowest BCUT2D eigenvalue weighted by atomic mass is 9.38. The fraction of sp³-hybridized carbons (Fsp3) is 0.423. The van der Waals surface area contributed by atoms with E-state index in [1.807, 2.05) is 25.2 Å². The summed E-state index contributed by atoms with van der Waals surface area (Å²) >= 11 is 0. The highest BCUT2D eigenvalue weighted by Gasteiger charge is 2.73. The molecule has 1 saturated carbocycles. The summed E-state index contributed by atoms with van der Waals surface area (Å²) in [6, 6.07) is 24.4. The van der Waals surface area contributed by atoms with Crippen molar-refractivity contribution in [3.63, 3.8) is 0 Å². The molecule has 6 bridgehead atoms. The molecule has 310 valence electrons. The van der Waals surface area contributed by atoms with E-state index < -0.39 is 16.7 Å². The second-order valence-electron chi connectivity index (χ2n) is 18.3. The molecule has 2 saturated heterocycles. The molecule has 60 heavy (non-hydrogen) atoms. The van der Waals surface area contributed by atoms with Crippen LogP contribution in [0.3, 0.4) is 0 Å². The summed E-state index contributed by atoms with van der Waals surface area (Å²) in [5, 5.41) is 28.8. The van der Waals surface area contributed by atoms with E-state index in [1.54, 1.807) is 6.07 Å². The number of cyclic esters (lactones) is 2. The molecule has 7 atom stereocenters. The third kappa shape index (κ3) is 6.12. The number of rotatable bonds is 9. The van der Waals surface area contributed by atoms with Crippen LogP contribution in [0.4, 0.5) is 0 Å². The second kappa shape index (κ2) is 15.5. The molecule has 8 nitrogen and oxygen atoms in total. The first kappa shape index (κ1) is 39.1. The molecule has 0 unspecified atom stereocenters. The molecule has 4 N–H and O–H groups in total. The average Bonchev–Trinajstić information content (AvgIpc) is 3.75. The first-order valence-corrected chi connectivity index (χ1v) is 22.3. The first-order chi connectivity index (χ1) is 29.3. The van der Waals surface area contributed by atoms with Gasteiger partial charge in [-0.1, -0.05) is 73.7 Å². The molecule has 3 fully saturated rings. The molecule has 0 radical (unpaired) electrons. The summed E-state index contributed by atoms with van der Waals surface area (Å²) in [7, 11) is 1.98. The van der Waals surface area contributed by atoms with Gasteiger partial charge in [-0.2, -0.15) is 0 Å². The molecule has 3 aromatic carbocycles. The quantitative estimate of drug-likeness (QED) is 0.125. The van der Waals surface area contributed by atoms with Crippen molar-refractivity contribution in [3.05, 3.63) is 142 Å². The standard InChI is InChI=1S/C52H56N2O6/c1-3-31(26-32-8-5-4-6-9-32)27-44-52-23-17-41-45(47(52)50(58)60-44)40-29-37(56)13-14-38(40)34-10-7-11-35(28-34)42(53-2)18-22-51(41)21-16-39-43(59-49(57)46(39)48(51)52)15-12-36(30-55)33-19-24-54-25-20-33/h4-11,13-15,18,22,27-29,31,33,36,41-42,48,53-56H,3,12,16-17,19-21,23-26,30H2,1-2H3/b22-18+,43-15?,44-27-/t31-,36+,41-,42-,48-,51+,52-/m0/s1. The maximum absolute atomic E-state index is 15.0. The number of aliphatic hydroxyl groups excluding tert-OH is 1. The highest BCUT2D eigenvalue weighted by Crippen LogP contribution is 2.77. The van der Waals surface area contributed by atoms with E-state index in [0.29, 0.717) is 47.8 Å². The van der Waals surface area contributed by atoms with Crippen molar-refractivity contribution in [1.82, 2.24) is 10.6 Å². The molecule has 0 amide bonds. The van der Waals surface area contributed by atoms with Gasteiger partial charge in [0.1, 0.15) is 17.3 Å². The van der Waals surface area contributed by atoms with Crippen LogP contribution < -0.4 is 10.6 Å². The van der Waals surface area contributed by atoms with Gasteiger partial charge in [-0.25, -0.2) is 9.59 Å². The second-order valence-corrected chi connectivity index (χ2v) is 18.3. The van der Waals surface area contributed by atoms with E-state index in [1.165, 1.54) is 5.56 Å². The van der Waals surface area contributed by atoms with Crippen LogP contribution >= 0.6 is 0 Å². The lowest BCUT2D eigenvalue weighted by Gasteiger charge is -2.62. The minimum absolute atomic E-state index is 0.0824. The Morgan fingerprint density at radius 3 is 2.55 bits per heavy atom. The minimum Gasteiger partial charge on any atom is -0.508 e. The minimum atomic E-state index is -0.946. The number of aromatic hydroxyl groups is 1. The Hall–Kier alpha value is -5.02. The number of phenols is 1. The van der Waals surface area contributed by atoms with Crippen LogP contribution in [0, 0.1) is 40.4 Å². The van der Waals surface area contributed by atoms with Crippen LogP contribution in [-0.4, -0.2) is 48.9 Å². The molecule has 3 aliphatic heterocycles. The fourth-order valence-corrected chi connectivity index (χ4v) is 12.6. The molecule has 3 aromatic rings. The largest absolute Gasteiger partial charge is 0.508 e. The van der Waals surface area contributed by atoms with Crippen LogP contribution in [0.1, 0.15) is 81.0 Å². The number of allylic oxidation sites excluding steroid dienone is 6. The number of likely N-dealkylation sites (N-methyl/N-ethyl adjacent to an activating group) is 1. The topological polar surface area (TPSA) is 117 Å². The number of hydrogen-bond donors (Lipinski definition) is 4. The zero-order chi connectivity index (χ0) is 41.2. The molecule has 8 heteroatoms. The number of nitrogens with one attached hydrogen (secondary N) is 2. The summed E-state index contributed by atoms with van der Waals surface area (Å²) in [6.45, 7) is 4.17. The smallest absolute Gasteiger partial charge is 0.340 e. The van der Waals surface area contributed by atoms with Gasteiger partial charge in [0.25, 0.3) is 0 Å². The monoisotopic (exact) mass is 804 g/mol. The molecule has 8 aliphatic rings. The summed E-state index contributed by atoms with van der Waals surface area (Å²) in [5.41, 5.74) is 6.79. The number of phenolic OH excluding ortho intramolecular Hbond substituents is 1. The Morgan fingerprint density at radius 2 is 1.77 bits per heavy atom. The number of ether oxygens (including phenoxy) is 2. The third-order valence-electron chi connectivity index (χ3n) is 15.5. The number of piperidine rings is 1. The van der Waals surface area contributed by atoms with Gasteiger partial charge in [0.15, 0.2) is 0 Å². The number of carbonyl (C=O) groups is 2. The zero-order valence-corrected chi connectivity index (χ0v) is 34.7. The predicted molar refractivity (Wildman–Crippen MR) is 232 cm³/mol. The summed E-state index contributed by atoms with van der Waals surface area (Å²) in [4.78, 5) is 29.8. The van der Waals surface area contributed by atoms with E-state index >= 15 is 4.79 Å². The van der Waals surface area contributed by atoms with Crippen molar-refractivity contribution in [2.45, 2.75) is 70.8 Å². The van der Waals surface area contributed by atoms with Crippen molar-refractivity contribution in [2.24, 2.45) is 40.4 Å². The zero-order valence-electron chi connectivity index (χ0n) is 34.7. The third-order valence-corrected chi connectivity index (χ3v) is 15.5. The Bertz CT molecular complexity index is 2380. The molecular formula is C52H56N2O6. The van der Waals surface area contributed by atoms with E-state index in [4.69, 9.17) is 9.47 Å². The molecule has 3 heterocycles. The maximum atomic E-state index is 15.0. The average molecular weight is 805 g/mol. The van der Waals surface area contributed by atoms with E-state index in [0.717, 1.165) is 85.0 Å². The first-order valence-electron chi connectivity index (χ1n) is 22.3. The van der Waals surface area contributed by atoms with E-state index in [-0.39, 0.29) is 48.1 Å². The predicted octanol–water partition coefficient (Wildman–Crippen LogP) is 8.89. The highest BCUT2D eigenvalue weighted by molar-refractivity contribution is 6.08. The normalized spacial score (nSPS) is 30.9. The van der Waals surface area contributed by atoms with Gasteiger partial charge in [-0.15, -0.1) is 0 Å². The van der Waals surface area contributed by atoms with Crippen LogP contribution in [0.25, 0.3) is 16.7 Å². The van der Waals surface area contributed by atoms with Gasteiger partial charge < -0.3 is 30.3 Å². The van der Waals surface area contributed by atoms with Crippen molar-refractivity contribution >= 4 is 17.5 Å². The number of benzene rings is 3. The molecular weight excluding hydrogens is 749 g/mol. The Kier molecular flexibility index (Phi) is 10.1. The number of hydrogen-bond acceptors (Lipinski definition) is 8. The van der Waals surface area contributed by atoms with E-state index in [9.17, 15) is 15.0 Å². The van der Waals surface area contributed by atoms with E-state index in [2.05, 4.69) is 90.4 Å². The summed E-state index contributed by atoms with van der Waals surface area (Å²) in [6.07, 6.45) is 16.1. The van der Waals surface area contributed by atoms with Crippen molar-refractivity contribution in [1.29, 1.82) is 0 Å². The summed E-state index contributed by atoms with van der Waals surface area (Å²) < 4.78 is 13.0. The van der Waals surface area contributed by atoms with Crippen molar-refractivity contribution in [2.75, 3.05) is 26.7 Å². The van der Waals surface area contributed by atoms with Crippen LogP contribution in [0.15, 0.2) is 125 Å². The van der Waals surface area contributed by atoms with Gasteiger partial charge in [0.05, 0.1) is 17.0 Å². The van der Waals surface area contributed by atoms with Crippen LogP contribution in [0.2, 0.25) is 0 Å². The summed E-state index contributed by atoms with van der Waals surface area (Å²) in [5.74, 6) is 0.724. The molecule has 11 rings (SSSR count). The lowest BCUT2D eigenvalue weighted by molar-refractivity contribution is -0.135. The molecule has 2 spiro atoms. The SMILES string of the molecule is CC[C@H](/C=C1\OC(=O)C2=C3c4cc(O)ccc4-c4cccc(c4)[C@@H](NC)/C=C/[C@@]45CCC6=C(C(=O)OC6=CC[C@H](CO)C6CCNCC6)[C@@H]4[C@]21CC[C@@H]35)Cc1ccccc1. The number of carbonyl (C=O) groups excluding carboxylic acids is 2. The van der Waals surface area contributed by atoms with Crippen LogP contribution in [0.5, 0.6) is 5.75 Å². The van der Waals surface area contributed by atoms with Crippen molar-refractivity contribution in [3.8, 4) is 16.9 Å². The maximum Gasteiger partial charge on any atom is 0.340 e. The number of fused-ring (bicyclic) bond motifs is 5. The van der Waals surface area contributed by atoms with Gasteiger partial charge in [-0.05, 0) is 165 Å². The number of esters is 2. The van der Waals surface area contributed by atoms with Gasteiger partial charge in [0, 0.05) is 29.1 Å². The Balaban J connectivity index is 1.22. The Labute approximate surface area is 353 Å². The molecule has 5 aliphatic carbocycles. The van der Waals surface area contributed by atoms with Crippen LogP contribution in [-0.2, 0) is 25.5 Å². The van der Waals surface area contributed by atoms with Gasteiger partial charge in [0.2, 0.25) is 0 Å². The highest BCUT2D eigenvalue weighted by atomic mass is 16.5. The molecule has 0 aromatic heterocycles. The fourth-order valence-electron chi connectivity index (χ4n) is 12.6. The van der Waals surface area contributed by atoms with Gasteiger partial charge in [-0.3, -0.25) is 0 Å².